The van der Waals surface area contributed by atoms with Gasteiger partial charge in [-0.25, -0.2) is 22.8 Å². The second kappa shape index (κ2) is 11.9. The number of carbonyl (C=O) groups excluding carboxylic acids is 1. The van der Waals surface area contributed by atoms with Crippen LogP contribution in [0.4, 0.5) is 16.0 Å². The largest absolute Gasteiger partial charge is 0.377 e. The quantitative estimate of drug-likeness (QED) is 0.312. The van der Waals surface area contributed by atoms with Crippen LogP contribution in [0.25, 0.3) is 22.0 Å². The van der Waals surface area contributed by atoms with Crippen LogP contribution in [0, 0.1) is 5.82 Å². The molecule has 2 aromatic carbocycles. The number of rotatable bonds is 8. The molecule has 214 valence electrons. The molecule has 2 N–H and O–H groups in total. The molecule has 1 atom stereocenters. The van der Waals surface area contributed by atoms with Gasteiger partial charge in [0.05, 0.1) is 35.1 Å². The molecular formula is C28H29ClFN7O3S. The maximum absolute atomic E-state index is 14.4. The van der Waals surface area contributed by atoms with Gasteiger partial charge in [-0.2, -0.15) is 0 Å². The number of sulfonamides is 1. The van der Waals surface area contributed by atoms with Crippen LogP contribution in [0.1, 0.15) is 18.5 Å². The number of benzene rings is 2. The minimum Gasteiger partial charge on any atom is -0.377 e. The maximum Gasteiger partial charge on any atom is 0.247 e. The van der Waals surface area contributed by atoms with Gasteiger partial charge >= 0.3 is 0 Å². The van der Waals surface area contributed by atoms with Crippen LogP contribution in [-0.4, -0.2) is 73.2 Å². The van der Waals surface area contributed by atoms with Gasteiger partial charge in [0.2, 0.25) is 21.9 Å². The minimum absolute atomic E-state index is 0.0114. The average molecular weight is 598 g/mol. The predicted octanol–water partition coefficient (Wildman–Crippen LogP) is 3.86. The SMILES string of the molecule is CC(Nc1c(Cl)cnc2ccc(-c3cnc(N4CCN(CC(=O)NS(C)(=O)=O)CC4)nc3)cc12)c1ccccc1F. The van der Waals surface area contributed by atoms with E-state index in [-0.39, 0.29) is 18.4 Å². The first-order chi connectivity index (χ1) is 19.6. The summed E-state index contributed by atoms with van der Waals surface area (Å²) in [5.41, 5.74) is 3.61. The van der Waals surface area contributed by atoms with E-state index in [1.165, 1.54) is 6.07 Å². The van der Waals surface area contributed by atoms with Crippen molar-refractivity contribution in [3.05, 3.63) is 77.5 Å². The molecule has 1 saturated heterocycles. The molecule has 41 heavy (non-hydrogen) atoms. The van der Waals surface area contributed by atoms with E-state index in [9.17, 15) is 17.6 Å². The lowest BCUT2D eigenvalue weighted by Crippen LogP contribution is -2.50. The van der Waals surface area contributed by atoms with Gasteiger partial charge < -0.3 is 10.2 Å². The van der Waals surface area contributed by atoms with Crippen LogP contribution in [0.15, 0.2) is 61.1 Å². The Balaban J connectivity index is 1.30. The van der Waals surface area contributed by atoms with Crippen molar-refractivity contribution in [2.75, 3.05) is 49.2 Å². The average Bonchev–Trinajstić information content (AvgIpc) is 2.94. The Kier molecular flexibility index (Phi) is 8.34. The molecule has 1 aliphatic rings. The Hall–Kier alpha value is -3.87. The number of aromatic nitrogens is 3. The standard InChI is InChI=1S/C28H29ClFN7O3S/c1-18(21-5-3-4-6-24(21)30)34-27-22-13-19(7-8-25(22)31-16-23(27)29)20-14-32-28(33-15-20)37-11-9-36(10-12-37)17-26(38)35-41(2,39)40/h3-8,13-16,18H,9-12,17H2,1-2H3,(H,31,34)(H,35,38). The van der Waals surface area contributed by atoms with E-state index in [4.69, 9.17) is 11.6 Å². The molecule has 0 saturated carbocycles. The molecule has 1 amide bonds. The third kappa shape index (κ3) is 6.89. The number of hydrogen-bond donors (Lipinski definition) is 2. The number of fused-ring (bicyclic) bond motifs is 1. The van der Waals surface area contributed by atoms with Gasteiger partial charge in [-0.15, -0.1) is 0 Å². The molecule has 0 bridgehead atoms. The number of pyridine rings is 1. The number of anilines is 2. The first-order valence-corrected chi connectivity index (χ1v) is 15.2. The summed E-state index contributed by atoms with van der Waals surface area (Å²) in [6.07, 6.45) is 6.04. The summed E-state index contributed by atoms with van der Waals surface area (Å²) in [5.74, 6) is -0.271. The number of nitrogens with zero attached hydrogens (tertiary/aromatic N) is 5. The van der Waals surface area contributed by atoms with Crippen LogP contribution in [0.3, 0.4) is 0 Å². The number of hydrogen-bond acceptors (Lipinski definition) is 9. The van der Waals surface area contributed by atoms with Crippen molar-refractivity contribution >= 4 is 50.1 Å². The predicted molar refractivity (Wildman–Crippen MR) is 158 cm³/mol. The first-order valence-electron chi connectivity index (χ1n) is 13.0. The summed E-state index contributed by atoms with van der Waals surface area (Å²) in [7, 11) is -3.57. The molecule has 10 nitrogen and oxygen atoms in total. The molecule has 4 aromatic rings. The van der Waals surface area contributed by atoms with Crippen molar-refractivity contribution in [3.63, 3.8) is 0 Å². The molecule has 1 fully saturated rings. The van der Waals surface area contributed by atoms with Gasteiger partial charge in [0, 0.05) is 61.3 Å². The van der Waals surface area contributed by atoms with Crippen LogP contribution in [0.2, 0.25) is 5.02 Å². The molecule has 0 spiro atoms. The van der Waals surface area contributed by atoms with E-state index in [2.05, 4.69) is 20.3 Å². The van der Waals surface area contributed by atoms with E-state index in [1.54, 1.807) is 36.8 Å². The lowest BCUT2D eigenvalue weighted by atomic mass is 10.0. The summed E-state index contributed by atoms with van der Waals surface area (Å²) < 4.78 is 38.9. The number of carbonyl (C=O) groups is 1. The zero-order chi connectivity index (χ0) is 29.1. The summed E-state index contributed by atoms with van der Waals surface area (Å²) in [4.78, 5) is 29.4. The van der Waals surface area contributed by atoms with Gasteiger partial charge in [-0.3, -0.25) is 19.4 Å². The molecule has 0 aliphatic carbocycles. The Morgan fingerprint density at radius 3 is 2.41 bits per heavy atom. The molecule has 0 radical (unpaired) electrons. The van der Waals surface area contributed by atoms with Crippen LogP contribution < -0.4 is 14.9 Å². The zero-order valence-corrected chi connectivity index (χ0v) is 24.1. The summed E-state index contributed by atoms with van der Waals surface area (Å²) in [6, 6.07) is 12.1. The van der Waals surface area contributed by atoms with Gasteiger partial charge in [0.15, 0.2) is 0 Å². The monoisotopic (exact) mass is 597 g/mol. The Morgan fingerprint density at radius 1 is 1.02 bits per heavy atom. The third-order valence-corrected chi connectivity index (χ3v) is 7.73. The van der Waals surface area contributed by atoms with Gasteiger partial charge in [-0.1, -0.05) is 35.9 Å². The smallest absolute Gasteiger partial charge is 0.247 e. The third-order valence-electron chi connectivity index (χ3n) is 6.85. The highest BCUT2D eigenvalue weighted by molar-refractivity contribution is 7.89. The van der Waals surface area contributed by atoms with E-state index in [0.717, 1.165) is 28.3 Å². The number of halogens is 2. The highest BCUT2D eigenvalue weighted by Crippen LogP contribution is 2.35. The molecule has 1 aliphatic heterocycles. The highest BCUT2D eigenvalue weighted by Gasteiger charge is 2.22. The van der Waals surface area contributed by atoms with E-state index in [0.29, 0.717) is 48.4 Å². The van der Waals surface area contributed by atoms with Crippen molar-refractivity contribution in [2.24, 2.45) is 0 Å². The van der Waals surface area contributed by atoms with Crippen molar-refractivity contribution in [2.45, 2.75) is 13.0 Å². The van der Waals surface area contributed by atoms with Crippen molar-refractivity contribution in [3.8, 4) is 11.1 Å². The fourth-order valence-electron chi connectivity index (χ4n) is 4.80. The zero-order valence-electron chi connectivity index (χ0n) is 22.5. The molecule has 5 rings (SSSR count). The Bertz CT molecular complexity index is 1680. The van der Waals surface area contributed by atoms with Gasteiger partial charge in [-0.05, 0) is 30.7 Å². The number of nitrogens with one attached hydrogen (secondary N) is 2. The van der Waals surface area contributed by atoms with Gasteiger partial charge in [0.1, 0.15) is 5.82 Å². The molecule has 2 aromatic heterocycles. The van der Waals surface area contributed by atoms with Crippen molar-refractivity contribution in [1.82, 2.24) is 24.6 Å². The van der Waals surface area contributed by atoms with Crippen LogP contribution in [-0.2, 0) is 14.8 Å². The number of amides is 1. The fraction of sp³-hybridized carbons (Fsp3) is 0.286. The van der Waals surface area contributed by atoms with E-state index in [1.807, 2.05) is 39.6 Å². The Morgan fingerprint density at radius 2 is 1.73 bits per heavy atom. The fourth-order valence-corrected chi connectivity index (χ4v) is 5.48. The number of piperazine rings is 1. The topological polar surface area (TPSA) is 120 Å². The second-order valence-electron chi connectivity index (χ2n) is 9.93. The normalized spacial score (nSPS) is 15.1. The molecule has 3 heterocycles. The maximum atomic E-state index is 14.4. The highest BCUT2D eigenvalue weighted by atomic mass is 35.5. The lowest BCUT2D eigenvalue weighted by Gasteiger charge is -2.34. The Labute approximate surface area is 242 Å². The van der Waals surface area contributed by atoms with Gasteiger partial charge in [0.25, 0.3) is 0 Å². The lowest BCUT2D eigenvalue weighted by molar-refractivity contribution is -0.120. The molecule has 13 heteroatoms. The molecule has 1 unspecified atom stereocenters. The molecular weight excluding hydrogens is 569 g/mol. The summed E-state index contributed by atoms with van der Waals surface area (Å²) in [6.45, 7) is 4.23. The van der Waals surface area contributed by atoms with E-state index < -0.39 is 15.9 Å². The second-order valence-corrected chi connectivity index (χ2v) is 12.1. The first kappa shape index (κ1) is 28.7. The minimum atomic E-state index is -3.57. The van der Waals surface area contributed by atoms with Crippen molar-refractivity contribution < 1.29 is 17.6 Å². The van der Waals surface area contributed by atoms with Crippen molar-refractivity contribution in [1.29, 1.82) is 0 Å². The van der Waals surface area contributed by atoms with Crippen LogP contribution >= 0.6 is 11.6 Å². The van der Waals surface area contributed by atoms with Crippen LogP contribution in [0.5, 0.6) is 0 Å². The van der Waals surface area contributed by atoms with E-state index >= 15 is 0 Å². The summed E-state index contributed by atoms with van der Waals surface area (Å²) >= 11 is 6.54. The summed E-state index contributed by atoms with van der Waals surface area (Å²) in [5, 5.41) is 4.58.